The molecule has 3 aromatic rings. The van der Waals surface area contributed by atoms with Crippen LogP contribution in [-0.4, -0.2) is 42.4 Å². The zero-order valence-electron chi connectivity index (χ0n) is 23.1. The minimum absolute atomic E-state index is 0.159. The van der Waals surface area contributed by atoms with Crippen molar-refractivity contribution in [2.24, 2.45) is 7.05 Å². The molecule has 8 nitrogen and oxygen atoms in total. The number of nitrogens with zero attached hydrogens (tertiary/aromatic N) is 1. The van der Waals surface area contributed by atoms with E-state index in [0.29, 0.717) is 17.1 Å². The maximum atomic E-state index is 13.7. The first-order valence-electron chi connectivity index (χ1n) is 12.4. The average Bonchev–Trinajstić information content (AvgIpc) is 3.55. The molecule has 206 valence electrons. The second-order valence-electron chi connectivity index (χ2n) is 8.81. The molecule has 0 fully saturated rings. The van der Waals surface area contributed by atoms with Crippen LogP contribution in [0.3, 0.4) is 0 Å². The number of hydrogen-bond acceptors (Lipinski definition) is 6. The number of carbonyl (C=O) groups is 2. The molecule has 39 heavy (non-hydrogen) atoms. The fraction of sp³-hybridized carbons (Fsp3) is 0.267. The quantitative estimate of drug-likeness (QED) is 0.264. The minimum atomic E-state index is -0.607. The van der Waals surface area contributed by atoms with Gasteiger partial charge in [-0.1, -0.05) is 42.0 Å². The van der Waals surface area contributed by atoms with E-state index in [9.17, 15) is 9.59 Å². The van der Waals surface area contributed by atoms with Crippen molar-refractivity contribution in [3.05, 3.63) is 94.1 Å². The third kappa shape index (κ3) is 6.93. The van der Waals surface area contributed by atoms with E-state index in [2.05, 4.69) is 10.0 Å². The van der Waals surface area contributed by atoms with Crippen molar-refractivity contribution in [1.29, 1.82) is 0 Å². The van der Waals surface area contributed by atoms with Gasteiger partial charge in [0.1, 0.15) is 0 Å². The summed E-state index contributed by atoms with van der Waals surface area (Å²) in [4.78, 5) is 26.9. The van der Waals surface area contributed by atoms with E-state index in [-0.39, 0.29) is 18.6 Å². The average molecular weight is 550 g/mol. The lowest BCUT2D eigenvalue weighted by atomic mass is 9.90. The topological polar surface area (TPSA) is 102 Å². The molecule has 1 unspecified atom stereocenters. The molecular weight excluding hydrogens is 514 g/mol. The van der Waals surface area contributed by atoms with E-state index in [1.54, 1.807) is 13.1 Å². The van der Waals surface area contributed by atoms with Crippen LogP contribution in [0.4, 0.5) is 0 Å². The largest absolute Gasteiger partial charge is 0.454 e. The normalized spacial score (nSPS) is 13.7. The summed E-state index contributed by atoms with van der Waals surface area (Å²) in [5, 5.41) is 10.6. The van der Waals surface area contributed by atoms with Gasteiger partial charge in [0, 0.05) is 48.8 Å². The maximum absolute atomic E-state index is 13.7. The van der Waals surface area contributed by atoms with Gasteiger partial charge in [0.15, 0.2) is 11.5 Å². The zero-order chi connectivity index (χ0) is 28.5. The standard InChI is InChI=1S/C29H31N3O4S.CH4O/c1-6-7-18(2)8-9-19(3)37-31-29(34)27(20-11-13-25-26(15-20)36-17-35-25)23-16-32(5)24-14-21(28(33)30-4)10-12-22(23)24;1-2/h6-16,27H,17H2,1-5H3,(H,30,33)(H,31,34);2H,1H3/b7-6-,18-8-,19-9+;. The van der Waals surface area contributed by atoms with Gasteiger partial charge in [-0.3, -0.25) is 14.3 Å². The van der Waals surface area contributed by atoms with Gasteiger partial charge < -0.3 is 24.5 Å². The predicted molar refractivity (Wildman–Crippen MR) is 157 cm³/mol. The molecule has 1 atom stereocenters. The van der Waals surface area contributed by atoms with Crippen LogP contribution in [-0.2, 0) is 11.8 Å². The highest BCUT2D eigenvalue weighted by atomic mass is 32.2. The Morgan fingerprint density at radius 1 is 1.08 bits per heavy atom. The van der Waals surface area contributed by atoms with E-state index in [0.717, 1.165) is 39.6 Å². The lowest BCUT2D eigenvalue weighted by molar-refractivity contribution is -0.119. The molecule has 0 spiro atoms. The summed E-state index contributed by atoms with van der Waals surface area (Å²) < 4.78 is 16.0. The van der Waals surface area contributed by atoms with E-state index < -0.39 is 5.92 Å². The van der Waals surface area contributed by atoms with Crippen LogP contribution >= 0.6 is 11.9 Å². The fourth-order valence-electron chi connectivity index (χ4n) is 4.29. The van der Waals surface area contributed by atoms with Gasteiger partial charge in [-0.15, -0.1) is 0 Å². The van der Waals surface area contributed by atoms with Crippen molar-refractivity contribution in [2.45, 2.75) is 26.7 Å². The zero-order valence-corrected chi connectivity index (χ0v) is 23.9. The van der Waals surface area contributed by atoms with Crippen LogP contribution in [0.15, 0.2) is 77.4 Å². The maximum Gasteiger partial charge on any atom is 0.251 e. The number of fused-ring (bicyclic) bond motifs is 2. The molecule has 0 radical (unpaired) electrons. The molecule has 0 aliphatic carbocycles. The van der Waals surface area contributed by atoms with Gasteiger partial charge >= 0.3 is 0 Å². The SMILES string of the molecule is CO.C\C=C/C(C)=C\C=C(/C)SNC(=O)C(c1ccc2c(c1)OCO2)c1cn(C)c2cc(C(=O)NC)ccc12. The Bertz CT molecular complexity index is 1440. The molecule has 2 amide bonds. The van der Waals surface area contributed by atoms with Crippen LogP contribution < -0.4 is 19.5 Å². The number of aliphatic hydroxyl groups is 1. The van der Waals surface area contributed by atoms with Gasteiger partial charge in [0.2, 0.25) is 12.7 Å². The first kappa shape index (κ1) is 29.6. The summed E-state index contributed by atoms with van der Waals surface area (Å²) in [5.74, 6) is 0.351. The molecule has 0 saturated carbocycles. The van der Waals surface area contributed by atoms with Crippen LogP contribution in [0.1, 0.15) is 48.2 Å². The summed E-state index contributed by atoms with van der Waals surface area (Å²) in [6.45, 7) is 6.12. The van der Waals surface area contributed by atoms with Crippen LogP contribution in [0.2, 0.25) is 0 Å². The molecule has 1 aromatic heterocycles. The Morgan fingerprint density at radius 2 is 1.82 bits per heavy atom. The lowest BCUT2D eigenvalue weighted by Gasteiger charge is -2.17. The lowest BCUT2D eigenvalue weighted by Crippen LogP contribution is -2.25. The van der Waals surface area contributed by atoms with Crippen LogP contribution in [0.5, 0.6) is 11.5 Å². The van der Waals surface area contributed by atoms with Gasteiger partial charge in [-0.2, -0.15) is 0 Å². The molecule has 0 saturated heterocycles. The highest BCUT2D eigenvalue weighted by Crippen LogP contribution is 2.39. The summed E-state index contributed by atoms with van der Waals surface area (Å²) in [6, 6.07) is 11.1. The van der Waals surface area contributed by atoms with Crippen molar-refractivity contribution in [3.63, 3.8) is 0 Å². The molecule has 4 rings (SSSR count). The monoisotopic (exact) mass is 549 g/mol. The molecule has 1 aliphatic heterocycles. The Morgan fingerprint density at radius 3 is 2.54 bits per heavy atom. The molecule has 0 bridgehead atoms. The number of rotatable bonds is 8. The van der Waals surface area contributed by atoms with Crippen molar-refractivity contribution in [2.75, 3.05) is 21.0 Å². The highest BCUT2D eigenvalue weighted by Gasteiger charge is 2.28. The van der Waals surface area contributed by atoms with Crippen LogP contribution in [0, 0.1) is 0 Å². The third-order valence-electron chi connectivity index (χ3n) is 6.14. The van der Waals surface area contributed by atoms with Crippen molar-refractivity contribution in [3.8, 4) is 11.5 Å². The summed E-state index contributed by atoms with van der Waals surface area (Å²) in [6.07, 6.45) is 9.96. The first-order chi connectivity index (χ1) is 18.8. The Hall–Kier alpha value is -3.95. The summed E-state index contributed by atoms with van der Waals surface area (Å²) in [5.41, 5.74) is 4.17. The Balaban J connectivity index is 0.00000205. The molecule has 1 aliphatic rings. The van der Waals surface area contributed by atoms with Crippen molar-refractivity contribution in [1.82, 2.24) is 14.6 Å². The number of aromatic nitrogens is 1. The number of aryl methyl sites for hydroxylation is 1. The van der Waals surface area contributed by atoms with Gasteiger partial charge in [0.25, 0.3) is 5.91 Å². The van der Waals surface area contributed by atoms with Crippen molar-refractivity contribution >= 4 is 34.7 Å². The third-order valence-corrected chi connectivity index (χ3v) is 6.90. The molecule has 9 heteroatoms. The smallest absolute Gasteiger partial charge is 0.251 e. The number of allylic oxidation sites excluding steroid dienone is 6. The Kier molecular flexibility index (Phi) is 10.4. The number of ether oxygens (including phenoxy) is 2. The number of nitrogens with one attached hydrogen (secondary N) is 2. The minimum Gasteiger partial charge on any atom is -0.454 e. The number of hydrogen-bond donors (Lipinski definition) is 3. The van der Waals surface area contributed by atoms with Crippen molar-refractivity contribution < 1.29 is 24.2 Å². The predicted octanol–water partition coefficient (Wildman–Crippen LogP) is 5.20. The van der Waals surface area contributed by atoms with Gasteiger partial charge in [-0.05, 0) is 68.1 Å². The summed E-state index contributed by atoms with van der Waals surface area (Å²) in [7, 11) is 4.52. The molecule has 2 heterocycles. The van der Waals surface area contributed by atoms with E-state index in [4.69, 9.17) is 14.6 Å². The second kappa shape index (κ2) is 13.7. The second-order valence-corrected chi connectivity index (χ2v) is 9.86. The van der Waals surface area contributed by atoms with Gasteiger partial charge in [0.05, 0.1) is 5.92 Å². The number of amides is 2. The van der Waals surface area contributed by atoms with E-state index in [1.165, 1.54) is 11.9 Å². The van der Waals surface area contributed by atoms with Crippen LogP contribution in [0.25, 0.3) is 10.9 Å². The molecular formula is C30H35N3O5S. The fourth-order valence-corrected chi connectivity index (χ4v) is 4.80. The number of benzene rings is 2. The van der Waals surface area contributed by atoms with E-state index >= 15 is 0 Å². The highest BCUT2D eigenvalue weighted by molar-refractivity contribution is 8.01. The Labute approximate surface area is 233 Å². The van der Waals surface area contributed by atoms with E-state index in [1.807, 2.05) is 93.2 Å². The summed E-state index contributed by atoms with van der Waals surface area (Å²) >= 11 is 1.29. The number of aliphatic hydroxyl groups excluding tert-OH is 1. The molecule has 3 N–H and O–H groups in total. The molecule has 2 aromatic carbocycles. The number of carbonyl (C=O) groups excluding carboxylic acids is 2. The van der Waals surface area contributed by atoms with Gasteiger partial charge in [-0.25, -0.2) is 0 Å². The first-order valence-corrected chi connectivity index (χ1v) is 13.2.